The number of nitrogens with one attached hydrogen (secondary N) is 2. The Morgan fingerprint density at radius 2 is 2.29 bits per heavy atom. The van der Waals surface area contributed by atoms with Gasteiger partial charge in [-0.1, -0.05) is 9.59 Å². The summed E-state index contributed by atoms with van der Waals surface area (Å²) in [6, 6.07) is 0. The molecular formula is C8H9N7OS. The van der Waals surface area contributed by atoms with Crippen molar-refractivity contribution in [3.05, 3.63) is 18.1 Å². The van der Waals surface area contributed by atoms with Crippen LogP contribution in [0.4, 0.5) is 10.9 Å². The second-order valence-electron chi connectivity index (χ2n) is 2.94. The van der Waals surface area contributed by atoms with Crippen molar-refractivity contribution in [3.63, 3.8) is 0 Å². The molecule has 2 aromatic heterocycles. The number of carbonyl (C=O) groups is 1. The third kappa shape index (κ3) is 2.91. The first-order valence-electron chi connectivity index (χ1n) is 4.82. The van der Waals surface area contributed by atoms with Gasteiger partial charge in [0.25, 0.3) is 5.91 Å². The third-order valence-electron chi connectivity index (χ3n) is 1.76. The number of carbonyl (C=O) groups excluding carboxylic acids is 1. The summed E-state index contributed by atoms with van der Waals surface area (Å²) in [5.74, 6) is 0.237. The van der Waals surface area contributed by atoms with E-state index in [0.29, 0.717) is 10.9 Å². The van der Waals surface area contributed by atoms with Crippen molar-refractivity contribution < 1.29 is 4.79 Å². The van der Waals surface area contributed by atoms with Crippen LogP contribution in [-0.4, -0.2) is 37.2 Å². The van der Waals surface area contributed by atoms with Crippen molar-refractivity contribution >= 4 is 28.4 Å². The van der Waals surface area contributed by atoms with Crippen LogP contribution in [0.15, 0.2) is 12.4 Å². The van der Waals surface area contributed by atoms with Crippen LogP contribution in [0.5, 0.6) is 0 Å². The van der Waals surface area contributed by atoms with Gasteiger partial charge in [-0.2, -0.15) is 0 Å². The zero-order valence-electron chi connectivity index (χ0n) is 8.91. The summed E-state index contributed by atoms with van der Waals surface area (Å²) in [4.78, 5) is 19.7. The molecule has 0 saturated carbocycles. The van der Waals surface area contributed by atoms with Gasteiger partial charge in [0.2, 0.25) is 5.13 Å². The van der Waals surface area contributed by atoms with Gasteiger partial charge in [-0.25, -0.2) is 9.97 Å². The summed E-state index contributed by atoms with van der Waals surface area (Å²) in [7, 11) is 0. The molecule has 2 N–H and O–H groups in total. The van der Waals surface area contributed by atoms with Crippen LogP contribution >= 0.6 is 11.5 Å². The Balaban J connectivity index is 2.04. The fraction of sp³-hybridized carbons (Fsp3) is 0.250. The van der Waals surface area contributed by atoms with E-state index < -0.39 is 0 Å². The molecule has 2 heterocycles. The van der Waals surface area contributed by atoms with Crippen molar-refractivity contribution in [2.24, 2.45) is 0 Å². The molecule has 0 fully saturated rings. The molecule has 0 radical (unpaired) electrons. The van der Waals surface area contributed by atoms with Crippen LogP contribution in [0, 0.1) is 0 Å². The highest BCUT2D eigenvalue weighted by atomic mass is 32.1. The Bertz CT molecular complexity index is 483. The molecule has 0 aromatic carbocycles. The first-order valence-corrected chi connectivity index (χ1v) is 5.59. The van der Waals surface area contributed by atoms with Gasteiger partial charge >= 0.3 is 0 Å². The lowest BCUT2D eigenvalue weighted by atomic mass is 10.4. The first-order chi connectivity index (χ1) is 8.29. The summed E-state index contributed by atoms with van der Waals surface area (Å²) < 4.78 is 3.53. The molecule has 88 valence electrons. The van der Waals surface area contributed by atoms with Crippen molar-refractivity contribution in [2.45, 2.75) is 6.92 Å². The average Bonchev–Trinajstić information content (AvgIpc) is 2.83. The van der Waals surface area contributed by atoms with Crippen LogP contribution in [0.1, 0.15) is 17.4 Å². The minimum Gasteiger partial charge on any atom is -0.369 e. The quantitative estimate of drug-likeness (QED) is 0.810. The van der Waals surface area contributed by atoms with Gasteiger partial charge in [-0.15, -0.1) is 0 Å². The van der Waals surface area contributed by atoms with E-state index in [9.17, 15) is 4.79 Å². The predicted octanol–water partition coefficient (Wildman–Crippen LogP) is 0.407. The molecule has 17 heavy (non-hydrogen) atoms. The molecule has 0 unspecified atom stereocenters. The molecule has 0 atom stereocenters. The van der Waals surface area contributed by atoms with E-state index in [-0.39, 0.29) is 11.6 Å². The smallest absolute Gasteiger partial charge is 0.277 e. The highest BCUT2D eigenvalue weighted by Crippen LogP contribution is 2.07. The van der Waals surface area contributed by atoms with Crippen LogP contribution in [0.2, 0.25) is 0 Å². The van der Waals surface area contributed by atoms with E-state index in [4.69, 9.17) is 0 Å². The molecule has 0 aliphatic carbocycles. The summed E-state index contributed by atoms with van der Waals surface area (Å²) in [6.07, 6.45) is 2.89. The molecule has 9 heteroatoms. The maximum atomic E-state index is 11.7. The normalized spacial score (nSPS) is 9.94. The number of hydrogen-bond donors (Lipinski definition) is 2. The van der Waals surface area contributed by atoms with Crippen molar-refractivity contribution in [3.8, 4) is 0 Å². The SMILES string of the molecule is CCNc1cnc(C(=O)Nc2nnns2)cn1. The number of aromatic nitrogens is 5. The molecule has 0 spiro atoms. The predicted molar refractivity (Wildman–Crippen MR) is 61.9 cm³/mol. The maximum Gasteiger partial charge on any atom is 0.277 e. The second-order valence-corrected chi connectivity index (χ2v) is 3.67. The van der Waals surface area contributed by atoms with E-state index in [0.717, 1.165) is 18.1 Å². The Hall–Kier alpha value is -2.16. The molecule has 1 amide bonds. The Morgan fingerprint density at radius 1 is 1.41 bits per heavy atom. The largest absolute Gasteiger partial charge is 0.369 e. The molecule has 0 aliphatic heterocycles. The maximum absolute atomic E-state index is 11.7. The minimum atomic E-state index is -0.390. The van der Waals surface area contributed by atoms with E-state index in [1.807, 2.05) is 6.92 Å². The number of rotatable bonds is 4. The number of nitrogens with zero attached hydrogens (tertiary/aromatic N) is 5. The van der Waals surface area contributed by atoms with E-state index in [1.54, 1.807) is 0 Å². The van der Waals surface area contributed by atoms with Crippen molar-refractivity contribution in [2.75, 3.05) is 17.2 Å². The van der Waals surface area contributed by atoms with Crippen molar-refractivity contribution in [1.29, 1.82) is 0 Å². The highest BCUT2D eigenvalue weighted by molar-refractivity contribution is 7.09. The standard InChI is InChI=1S/C8H9N7OS/c1-2-9-6-4-10-5(3-11-6)7(16)12-8-13-14-15-17-8/h3-4H,2H2,1H3,(H,9,11)(H,12,13,15,16). The highest BCUT2D eigenvalue weighted by Gasteiger charge is 2.10. The lowest BCUT2D eigenvalue weighted by Gasteiger charge is -2.02. The van der Waals surface area contributed by atoms with Crippen LogP contribution in [0.3, 0.4) is 0 Å². The lowest BCUT2D eigenvalue weighted by Crippen LogP contribution is -2.14. The van der Waals surface area contributed by atoms with Gasteiger partial charge in [0, 0.05) is 18.1 Å². The molecule has 2 rings (SSSR count). The molecule has 0 bridgehead atoms. The molecule has 0 aliphatic rings. The zero-order valence-corrected chi connectivity index (χ0v) is 9.73. The van der Waals surface area contributed by atoms with Crippen LogP contribution in [-0.2, 0) is 0 Å². The zero-order chi connectivity index (χ0) is 12.1. The summed E-state index contributed by atoms with van der Waals surface area (Å²) in [5, 5.41) is 12.8. The number of anilines is 2. The molecule has 0 saturated heterocycles. The molecule has 8 nitrogen and oxygen atoms in total. The summed E-state index contributed by atoms with van der Waals surface area (Å²) in [5.41, 5.74) is 0.210. The van der Waals surface area contributed by atoms with Crippen LogP contribution < -0.4 is 10.6 Å². The van der Waals surface area contributed by atoms with Gasteiger partial charge in [-0.3, -0.25) is 10.1 Å². The van der Waals surface area contributed by atoms with E-state index in [2.05, 4.69) is 35.4 Å². The minimum absolute atomic E-state index is 0.210. The fourth-order valence-corrected chi connectivity index (χ4v) is 1.42. The fourth-order valence-electron chi connectivity index (χ4n) is 1.06. The Labute approximate surface area is 101 Å². The monoisotopic (exact) mass is 251 g/mol. The lowest BCUT2D eigenvalue weighted by molar-refractivity contribution is 0.102. The molecule has 2 aromatic rings. The second kappa shape index (κ2) is 5.25. The topological polar surface area (TPSA) is 106 Å². The molecular weight excluding hydrogens is 242 g/mol. The van der Waals surface area contributed by atoms with Gasteiger partial charge in [-0.05, 0) is 12.1 Å². The summed E-state index contributed by atoms with van der Waals surface area (Å²) >= 11 is 0.992. The van der Waals surface area contributed by atoms with Crippen LogP contribution in [0.25, 0.3) is 0 Å². The summed E-state index contributed by atoms with van der Waals surface area (Å²) in [6.45, 7) is 2.70. The third-order valence-corrected chi connectivity index (χ3v) is 2.27. The average molecular weight is 251 g/mol. The van der Waals surface area contributed by atoms with E-state index in [1.165, 1.54) is 12.4 Å². The Morgan fingerprint density at radius 3 is 2.88 bits per heavy atom. The van der Waals surface area contributed by atoms with Gasteiger partial charge in [0.15, 0.2) is 0 Å². The van der Waals surface area contributed by atoms with Gasteiger partial charge in [0.1, 0.15) is 11.5 Å². The first kappa shape index (κ1) is 11.3. The van der Waals surface area contributed by atoms with Gasteiger partial charge < -0.3 is 5.32 Å². The van der Waals surface area contributed by atoms with E-state index >= 15 is 0 Å². The Kier molecular flexibility index (Phi) is 3.50. The number of hydrogen-bond acceptors (Lipinski definition) is 8. The van der Waals surface area contributed by atoms with Gasteiger partial charge in [0.05, 0.1) is 12.4 Å². The number of amides is 1. The van der Waals surface area contributed by atoms with Crippen molar-refractivity contribution in [1.82, 2.24) is 24.8 Å².